The van der Waals surface area contributed by atoms with Crippen molar-refractivity contribution in [3.05, 3.63) is 57.5 Å². The highest BCUT2D eigenvalue weighted by Gasteiger charge is 2.26. The second-order valence-corrected chi connectivity index (χ2v) is 6.54. The molecular formula is C17H16ClN7O3. The van der Waals surface area contributed by atoms with Crippen LogP contribution in [0.5, 0.6) is 6.01 Å². The van der Waals surface area contributed by atoms with Crippen molar-refractivity contribution < 1.29 is 9.57 Å². The van der Waals surface area contributed by atoms with Crippen molar-refractivity contribution in [2.75, 3.05) is 0 Å². The van der Waals surface area contributed by atoms with Gasteiger partial charge in [-0.05, 0) is 19.1 Å². The van der Waals surface area contributed by atoms with Gasteiger partial charge in [0.2, 0.25) is 6.23 Å². The predicted octanol–water partition coefficient (Wildman–Crippen LogP) is 1.62. The summed E-state index contributed by atoms with van der Waals surface area (Å²) >= 11 is 6.02. The summed E-state index contributed by atoms with van der Waals surface area (Å²) in [4.78, 5) is 21.4. The van der Waals surface area contributed by atoms with Crippen molar-refractivity contribution in [2.45, 2.75) is 19.3 Å². The van der Waals surface area contributed by atoms with Gasteiger partial charge in [-0.25, -0.2) is 20.4 Å². The number of rotatable bonds is 5. The molecule has 0 aliphatic carbocycles. The molecule has 1 aliphatic heterocycles. The van der Waals surface area contributed by atoms with Crippen LogP contribution >= 0.6 is 11.6 Å². The molecule has 1 aromatic carbocycles. The number of hydrogen-bond donors (Lipinski definition) is 2. The molecule has 2 N–H and O–H groups in total. The number of aromatic nitrogens is 5. The van der Waals surface area contributed by atoms with Crippen LogP contribution in [0, 0.1) is 0 Å². The molecule has 4 rings (SSSR count). The maximum atomic E-state index is 11.4. The van der Waals surface area contributed by atoms with E-state index in [1.165, 1.54) is 12.3 Å². The summed E-state index contributed by atoms with van der Waals surface area (Å²) in [6.07, 6.45) is 0.499. The molecule has 10 nitrogen and oxygen atoms in total. The number of nitrogens with one attached hydrogen (secondary N) is 2. The minimum atomic E-state index is -0.517. The number of ether oxygens (including phenoxy) is 1. The molecule has 2 unspecified atom stereocenters. The number of hydroxylamine groups is 1. The first-order valence-electron chi connectivity index (χ1n) is 8.37. The zero-order valence-corrected chi connectivity index (χ0v) is 15.7. The van der Waals surface area contributed by atoms with E-state index in [0.29, 0.717) is 22.2 Å². The van der Waals surface area contributed by atoms with Gasteiger partial charge in [-0.1, -0.05) is 28.8 Å². The van der Waals surface area contributed by atoms with Crippen molar-refractivity contribution in [1.29, 1.82) is 0 Å². The van der Waals surface area contributed by atoms with Gasteiger partial charge >= 0.3 is 6.01 Å². The summed E-state index contributed by atoms with van der Waals surface area (Å²) < 4.78 is 7.48. The fourth-order valence-electron chi connectivity index (χ4n) is 2.67. The molecule has 0 saturated carbocycles. The zero-order chi connectivity index (χ0) is 19.7. The molecule has 11 heteroatoms. The Morgan fingerprint density at radius 2 is 2.18 bits per heavy atom. The number of aromatic amines is 1. The first-order chi connectivity index (χ1) is 13.5. The number of amidine groups is 1. The van der Waals surface area contributed by atoms with Gasteiger partial charge in [0.1, 0.15) is 0 Å². The highest BCUT2D eigenvalue weighted by atomic mass is 35.5. The molecule has 1 aliphatic rings. The molecule has 2 aromatic heterocycles. The van der Waals surface area contributed by atoms with Crippen molar-refractivity contribution in [1.82, 2.24) is 30.4 Å². The first kappa shape index (κ1) is 18.1. The van der Waals surface area contributed by atoms with Crippen LogP contribution in [-0.2, 0) is 11.9 Å². The van der Waals surface area contributed by atoms with Gasteiger partial charge in [0.15, 0.2) is 17.8 Å². The maximum Gasteiger partial charge on any atom is 0.317 e. The number of H-pyrrole nitrogens is 1. The normalized spacial score (nSPS) is 17.1. The fraction of sp³-hybridized carbons (Fsp3) is 0.235. The van der Waals surface area contributed by atoms with Crippen molar-refractivity contribution in [3.63, 3.8) is 0 Å². The highest BCUT2D eigenvalue weighted by Crippen LogP contribution is 2.25. The van der Waals surface area contributed by atoms with Crippen LogP contribution in [0.1, 0.15) is 18.7 Å². The lowest BCUT2D eigenvalue weighted by atomic mass is 10.2. The van der Waals surface area contributed by atoms with E-state index in [1.807, 2.05) is 12.1 Å². The molecular weight excluding hydrogens is 386 g/mol. The van der Waals surface area contributed by atoms with Crippen LogP contribution in [0.25, 0.3) is 11.4 Å². The Hall–Kier alpha value is -3.24. The van der Waals surface area contributed by atoms with E-state index in [-0.39, 0.29) is 11.6 Å². The number of hydrogen-bond acceptors (Lipinski definition) is 8. The topological polar surface area (TPSA) is 119 Å². The van der Waals surface area contributed by atoms with Gasteiger partial charge in [-0.15, -0.1) is 5.10 Å². The van der Waals surface area contributed by atoms with E-state index in [9.17, 15) is 4.79 Å². The largest absolute Gasteiger partial charge is 0.452 e. The molecule has 3 heterocycles. The summed E-state index contributed by atoms with van der Waals surface area (Å²) in [5.74, 6) is 0.961. The average molecular weight is 402 g/mol. The van der Waals surface area contributed by atoms with Crippen LogP contribution < -0.4 is 15.8 Å². The van der Waals surface area contributed by atoms with Crippen LogP contribution in [0.4, 0.5) is 0 Å². The quantitative estimate of drug-likeness (QED) is 0.666. The SMILES string of the molecule is CC(Oc1nnc(-c2cn[nH]c(=O)c2)n1C)C1=NC(c2cccc(Cl)c2)ON1. The Morgan fingerprint density at radius 1 is 1.32 bits per heavy atom. The highest BCUT2D eigenvalue weighted by molar-refractivity contribution is 6.30. The Balaban J connectivity index is 1.51. The monoisotopic (exact) mass is 401 g/mol. The molecule has 2 atom stereocenters. The Bertz CT molecular complexity index is 1090. The summed E-state index contributed by atoms with van der Waals surface area (Å²) in [7, 11) is 1.73. The van der Waals surface area contributed by atoms with Gasteiger partial charge in [-0.3, -0.25) is 9.36 Å². The smallest absolute Gasteiger partial charge is 0.317 e. The number of nitrogens with zero attached hydrogens (tertiary/aromatic N) is 5. The second-order valence-electron chi connectivity index (χ2n) is 6.10. The lowest BCUT2D eigenvalue weighted by Gasteiger charge is -2.13. The molecule has 0 saturated heterocycles. The minimum absolute atomic E-state index is 0.262. The van der Waals surface area contributed by atoms with Crippen LogP contribution in [0.15, 0.2) is 46.3 Å². The average Bonchev–Trinajstić information content (AvgIpc) is 3.30. The van der Waals surface area contributed by atoms with E-state index in [2.05, 4.69) is 30.9 Å². The molecule has 144 valence electrons. The Labute approximate surface area is 164 Å². The third kappa shape index (κ3) is 3.59. The van der Waals surface area contributed by atoms with Crippen LogP contribution in [0.3, 0.4) is 0 Å². The third-order valence-electron chi connectivity index (χ3n) is 4.09. The Morgan fingerprint density at radius 3 is 2.96 bits per heavy atom. The molecule has 0 spiro atoms. The number of halogens is 1. The summed E-state index contributed by atoms with van der Waals surface area (Å²) in [6.45, 7) is 1.80. The van der Waals surface area contributed by atoms with E-state index >= 15 is 0 Å². The number of benzene rings is 1. The minimum Gasteiger partial charge on any atom is -0.452 e. The fourth-order valence-corrected chi connectivity index (χ4v) is 2.87. The zero-order valence-electron chi connectivity index (χ0n) is 15.0. The molecule has 0 radical (unpaired) electrons. The van der Waals surface area contributed by atoms with Crippen molar-refractivity contribution >= 4 is 17.4 Å². The maximum absolute atomic E-state index is 11.4. The van der Waals surface area contributed by atoms with Crippen LogP contribution in [-0.4, -0.2) is 36.9 Å². The number of aliphatic imine (C=N–C) groups is 1. The molecule has 3 aromatic rings. The van der Waals surface area contributed by atoms with E-state index < -0.39 is 12.3 Å². The molecule has 0 amide bonds. The van der Waals surface area contributed by atoms with Gasteiger partial charge in [-0.2, -0.15) is 5.10 Å². The third-order valence-corrected chi connectivity index (χ3v) is 4.33. The van der Waals surface area contributed by atoms with E-state index in [4.69, 9.17) is 21.2 Å². The lowest BCUT2D eigenvalue weighted by Crippen LogP contribution is -2.33. The van der Waals surface area contributed by atoms with Gasteiger partial charge in [0.05, 0.1) is 6.20 Å². The van der Waals surface area contributed by atoms with Crippen molar-refractivity contribution in [3.8, 4) is 17.4 Å². The van der Waals surface area contributed by atoms with Crippen molar-refractivity contribution in [2.24, 2.45) is 12.0 Å². The summed E-state index contributed by atoms with van der Waals surface area (Å²) in [5, 5.41) is 14.8. The van der Waals surface area contributed by atoms with Gasteiger partial charge < -0.3 is 4.74 Å². The lowest BCUT2D eigenvalue weighted by molar-refractivity contribution is 0.0351. The molecule has 0 fully saturated rings. The molecule has 0 bridgehead atoms. The van der Waals surface area contributed by atoms with Crippen LogP contribution in [0.2, 0.25) is 5.02 Å². The summed E-state index contributed by atoms with van der Waals surface area (Å²) in [6, 6.07) is 8.93. The van der Waals surface area contributed by atoms with Gasteiger partial charge in [0.25, 0.3) is 5.56 Å². The second kappa shape index (κ2) is 7.41. The Kier molecular flexibility index (Phi) is 4.80. The summed E-state index contributed by atoms with van der Waals surface area (Å²) in [5.41, 5.74) is 3.80. The predicted molar refractivity (Wildman–Crippen MR) is 101 cm³/mol. The van der Waals surface area contributed by atoms with E-state index in [1.54, 1.807) is 30.7 Å². The first-order valence-corrected chi connectivity index (χ1v) is 8.75. The van der Waals surface area contributed by atoms with E-state index in [0.717, 1.165) is 5.56 Å². The standard InChI is InChI=1S/C17H16ClN7O3/c1-9(14-20-16(28-24-14)10-4-3-5-12(18)6-10)27-17-23-22-15(25(17)2)11-7-13(26)21-19-8-11/h3-9,16H,1-2H3,(H,20,24)(H,21,26). The van der Waals surface area contributed by atoms with Gasteiger partial charge in [0, 0.05) is 29.3 Å². The molecule has 28 heavy (non-hydrogen) atoms.